The van der Waals surface area contributed by atoms with Crippen LogP contribution in [-0.2, 0) is 0 Å². The molecule has 0 amide bonds. The Morgan fingerprint density at radius 1 is 0.464 bits per heavy atom. The fourth-order valence-corrected chi connectivity index (χ4v) is 3.40. The van der Waals surface area contributed by atoms with E-state index in [0.717, 1.165) is 38.9 Å². The quantitative estimate of drug-likeness (QED) is 0.395. The molecule has 0 aliphatic carbocycles. The summed E-state index contributed by atoms with van der Waals surface area (Å²) in [5.41, 5.74) is 6.45. The van der Waals surface area contributed by atoms with Crippen LogP contribution in [0.5, 0.6) is 0 Å². The Bertz CT molecular complexity index is 1260. The number of aromatic nitrogens is 3. The van der Waals surface area contributed by atoms with E-state index in [1.165, 1.54) is 5.39 Å². The van der Waals surface area contributed by atoms with Crippen molar-refractivity contribution in [1.82, 2.24) is 15.0 Å². The first-order valence-corrected chi connectivity index (χ1v) is 9.18. The van der Waals surface area contributed by atoms with Gasteiger partial charge in [0.2, 0.25) is 0 Å². The standard InChI is InChI=1S/C25H17N3/c1-2-5-22-17-28-25(14-20(22)4-1)21-7-3-6-19(12-21)24-13-23(15-27-16-24)18-8-10-26-11-9-18/h1-17H. The lowest BCUT2D eigenvalue weighted by molar-refractivity contribution is 1.30. The van der Waals surface area contributed by atoms with Gasteiger partial charge in [-0.2, -0.15) is 0 Å². The minimum atomic E-state index is 0.971. The molecule has 3 nitrogen and oxygen atoms in total. The van der Waals surface area contributed by atoms with Crippen LogP contribution >= 0.6 is 0 Å². The molecule has 0 atom stereocenters. The number of pyridine rings is 3. The van der Waals surface area contributed by atoms with Crippen LogP contribution in [0, 0.1) is 0 Å². The van der Waals surface area contributed by atoms with Crippen molar-refractivity contribution in [2.45, 2.75) is 0 Å². The maximum Gasteiger partial charge on any atom is 0.0708 e. The summed E-state index contributed by atoms with van der Waals surface area (Å²) >= 11 is 0. The molecule has 0 aliphatic rings. The van der Waals surface area contributed by atoms with E-state index in [4.69, 9.17) is 0 Å². The van der Waals surface area contributed by atoms with E-state index in [-0.39, 0.29) is 0 Å². The Hall–Kier alpha value is -3.85. The molecular formula is C25H17N3. The van der Waals surface area contributed by atoms with E-state index in [0.29, 0.717) is 0 Å². The number of hydrogen-bond acceptors (Lipinski definition) is 3. The van der Waals surface area contributed by atoms with Gasteiger partial charge in [-0.15, -0.1) is 0 Å². The summed E-state index contributed by atoms with van der Waals surface area (Å²) in [6.07, 6.45) is 9.32. The fourth-order valence-electron chi connectivity index (χ4n) is 3.40. The Morgan fingerprint density at radius 2 is 1.18 bits per heavy atom. The number of rotatable bonds is 3. The normalized spacial score (nSPS) is 10.9. The first kappa shape index (κ1) is 16.3. The van der Waals surface area contributed by atoms with Gasteiger partial charge in [-0.05, 0) is 46.8 Å². The van der Waals surface area contributed by atoms with Crippen molar-refractivity contribution in [2.75, 3.05) is 0 Å². The minimum absolute atomic E-state index is 0.971. The first-order chi connectivity index (χ1) is 13.9. The van der Waals surface area contributed by atoms with Crippen LogP contribution in [0.2, 0.25) is 0 Å². The van der Waals surface area contributed by atoms with Crippen LogP contribution in [0.4, 0.5) is 0 Å². The van der Waals surface area contributed by atoms with Crippen molar-refractivity contribution in [3.63, 3.8) is 0 Å². The molecule has 0 aliphatic heterocycles. The van der Waals surface area contributed by atoms with Gasteiger partial charge < -0.3 is 0 Å². The molecule has 0 radical (unpaired) electrons. The topological polar surface area (TPSA) is 38.7 Å². The van der Waals surface area contributed by atoms with Crippen LogP contribution in [-0.4, -0.2) is 15.0 Å². The number of benzene rings is 2. The Labute approximate surface area is 163 Å². The zero-order valence-electron chi connectivity index (χ0n) is 15.2. The van der Waals surface area contributed by atoms with Gasteiger partial charge in [0, 0.05) is 53.1 Å². The third kappa shape index (κ3) is 3.14. The third-order valence-electron chi connectivity index (χ3n) is 4.87. The van der Waals surface area contributed by atoms with Crippen LogP contribution in [0.25, 0.3) is 44.3 Å². The van der Waals surface area contributed by atoms with E-state index >= 15 is 0 Å². The molecule has 0 saturated carbocycles. The molecular weight excluding hydrogens is 342 g/mol. The summed E-state index contributed by atoms with van der Waals surface area (Å²) in [6.45, 7) is 0. The minimum Gasteiger partial charge on any atom is -0.265 e. The highest BCUT2D eigenvalue weighted by Crippen LogP contribution is 2.29. The van der Waals surface area contributed by atoms with Crippen molar-refractivity contribution in [3.05, 3.63) is 104 Å². The highest BCUT2D eigenvalue weighted by molar-refractivity contribution is 5.85. The van der Waals surface area contributed by atoms with Gasteiger partial charge in [-0.1, -0.05) is 42.5 Å². The molecule has 0 saturated heterocycles. The average Bonchev–Trinajstić information content (AvgIpc) is 2.79. The monoisotopic (exact) mass is 359 g/mol. The Balaban J connectivity index is 1.55. The van der Waals surface area contributed by atoms with Crippen molar-refractivity contribution < 1.29 is 0 Å². The van der Waals surface area contributed by atoms with Gasteiger partial charge in [0.05, 0.1) is 5.69 Å². The third-order valence-corrected chi connectivity index (χ3v) is 4.87. The molecule has 28 heavy (non-hydrogen) atoms. The second kappa shape index (κ2) is 7.05. The van der Waals surface area contributed by atoms with E-state index < -0.39 is 0 Å². The van der Waals surface area contributed by atoms with Crippen molar-refractivity contribution in [2.24, 2.45) is 0 Å². The van der Waals surface area contributed by atoms with Crippen molar-refractivity contribution >= 4 is 10.8 Å². The summed E-state index contributed by atoms with van der Waals surface area (Å²) in [6, 6.07) is 25.0. The van der Waals surface area contributed by atoms with Crippen molar-refractivity contribution in [1.29, 1.82) is 0 Å². The van der Waals surface area contributed by atoms with Crippen LogP contribution in [0.15, 0.2) is 104 Å². The van der Waals surface area contributed by atoms with E-state index in [2.05, 4.69) is 69.5 Å². The van der Waals surface area contributed by atoms with E-state index in [9.17, 15) is 0 Å². The summed E-state index contributed by atoms with van der Waals surface area (Å²) in [4.78, 5) is 13.2. The smallest absolute Gasteiger partial charge is 0.0708 e. The zero-order chi connectivity index (χ0) is 18.8. The molecule has 3 heterocycles. The summed E-state index contributed by atoms with van der Waals surface area (Å²) < 4.78 is 0. The highest BCUT2D eigenvalue weighted by atomic mass is 14.7. The average molecular weight is 359 g/mol. The van der Waals surface area contributed by atoms with Crippen LogP contribution in [0.1, 0.15) is 0 Å². The van der Waals surface area contributed by atoms with Crippen LogP contribution in [0.3, 0.4) is 0 Å². The van der Waals surface area contributed by atoms with Crippen LogP contribution < -0.4 is 0 Å². The zero-order valence-corrected chi connectivity index (χ0v) is 15.2. The second-order valence-electron chi connectivity index (χ2n) is 6.70. The predicted octanol–water partition coefficient (Wildman–Crippen LogP) is 6.03. The fraction of sp³-hybridized carbons (Fsp3) is 0. The lowest BCUT2D eigenvalue weighted by Crippen LogP contribution is -1.87. The van der Waals surface area contributed by atoms with Crippen molar-refractivity contribution in [3.8, 4) is 33.5 Å². The lowest BCUT2D eigenvalue weighted by atomic mass is 9.99. The molecule has 0 bridgehead atoms. The first-order valence-electron chi connectivity index (χ1n) is 9.18. The summed E-state index contributed by atoms with van der Waals surface area (Å²) in [5, 5.41) is 2.34. The molecule has 3 aromatic heterocycles. The van der Waals surface area contributed by atoms with Gasteiger partial charge in [-0.3, -0.25) is 15.0 Å². The molecule has 132 valence electrons. The predicted molar refractivity (Wildman–Crippen MR) is 114 cm³/mol. The Kier molecular flexibility index (Phi) is 4.11. The Morgan fingerprint density at radius 3 is 2.04 bits per heavy atom. The van der Waals surface area contributed by atoms with E-state index in [1.54, 1.807) is 12.4 Å². The number of hydrogen-bond donors (Lipinski definition) is 0. The summed E-state index contributed by atoms with van der Waals surface area (Å²) in [5.74, 6) is 0. The van der Waals surface area contributed by atoms with E-state index in [1.807, 2.05) is 36.8 Å². The molecule has 0 unspecified atom stereocenters. The molecule has 3 heteroatoms. The summed E-state index contributed by atoms with van der Waals surface area (Å²) in [7, 11) is 0. The van der Waals surface area contributed by atoms with Gasteiger partial charge in [0.1, 0.15) is 0 Å². The molecule has 5 rings (SSSR count). The second-order valence-corrected chi connectivity index (χ2v) is 6.70. The molecule has 0 N–H and O–H groups in total. The van der Waals surface area contributed by atoms with Gasteiger partial charge in [0.15, 0.2) is 0 Å². The maximum absolute atomic E-state index is 4.65. The van der Waals surface area contributed by atoms with Gasteiger partial charge in [-0.25, -0.2) is 0 Å². The maximum atomic E-state index is 4.65. The number of nitrogens with zero attached hydrogens (tertiary/aromatic N) is 3. The largest absolute Gasteiger partial charge is 0.265 e. The SMILES string of the molecule is c1cc(-c2cncc(-c3ccncc3)c2)cc(-c2cc3ccccc3cn2)c1. The molecule has 2 aromatic carbocycles. The number of fused-ring (bicyclic) bond motifs is 1. The molecule has 0 fully saturated rings. The van der Waals surface area contributed by atoms with Gasteiger partial charge >= 0.3 is 0 Å². The van der Waals surface area contributed by atoms with Gasteiger partial charge in [0.25, 0.3) is 0 Å². The lowest BCUT2D eigenvalue weighted by Gasteiger charge is -2.08. The molecule has 5 aromatic rings. The highest BCUT2D eigenvalue weighted by Gasteiger charge is 2.06. The molecule has 0 spiro atoms.